The number of rotatable bonds is 4. The van der Waals surface area contributed by atoms with Crippen molar-refractivity contribution in [2.75, 3.05) is 37.8 Å². The van der Waals surface area contributed by atoms with Gasteiger partial charge in [-0.25, -0.2) is 4.98 Å². The molecule has 0 bridgehead atoms. The Hall–Kier alpha value is -2.38. The van der Waals surface area contributed by atoms with Gasteiger partial charge in [-0.2, -0.15) is 4.98 Å². The number of aromatic nitrogens is 2. The summed E-state index contributed by atoms with van der Waals surface area (Å²) in [6.45, 7) is 4.35. The van der Waals surface area contributed by atoms with E-state index in [2.05, 4.69) is 37.6 Å². The van der Waals surface area contributed by atoms with Gasteiger partial charge in [-0.05, 0) is 61.7 Å². The lowest BCUT2D eigenvalue weighted by Crippen LogP contribution is -2.45. The van der Waals surface area contributed by atoms with Gasteiger partial charge in [0.1, 0.15) is 11.6 Å². The van der Waals surface area contributed by atoms with Crippen molar-refractivity contribution in [1.82, 2.24) is 20.2 Å². The number of methoxy groups -OCH3 is 1. The molecule has 0 aliphatic carbocycles. The first-order chi connectivity index (χ1) is 12.7. The molecule has 1 saturated heterocycles. The second kappa shape index (κ2) is 7.47. The molecule has 2 aliphatic heterocycles. The fourth-order valence-electron chi connectivity index (χ4n) is 3.91. The summed E-state index contributed by atoms with van der Waals surface area (Å²) in [6, 6.07) is 6.68. The molecule has 2 aromatic rings. The minimum Gasteiger partial charge on any atom is -0.495 e. The van der Waals surface area contributed by atoms with Crippen LogP contribution in [0, 0.1) is 0 Å². The summed E-state index contributed by atoms with van der Waals surface area (Å²) >= 11 is 0. The van der Waals surface area contributed by atoms with Crippen molar-refractivity contribution in [3.8, 4) is 5.75 Å². The van der Waals surface area contributed by atoms with Crippen LogP contribution in [0.15, 0.2) is 24.4 Å². The molecule has 7 heteroatoms. The molecule has 0 atom stereocenters. The number of ether oxygens (including phenoxy) is 1. The predicted octanol–water partition coefficient (Wildman–Crippen LogP) is 1.92. The lowest BCUT2D eigenvalue weighted by molar-refractivity contribution is 0.147. The van der Waals surface area contributed by atoms with Crippen molar-refractivity contribution in [2.45, 2.75) is 31.8 Å². The summed E-state index contributed by atoms with van der Waals surface area (Å²) in [5.41, 5.74) is 9.34. The van der Waals surface area contributed by atoms with Gasteiger partial charge >= 0.3 is 0 Å². The van der Waals surface area contributed by atoms with E-state index in [0.29, 0.717) is 17.8 Å². The Balaban J connectivity index is 1.56. The van der Waals surface area contributed by atoms with E-state index in [1.165, 1.54) is 24.0 Å². The largest absolute Gasteiger partial charge is 0.495 e. The summed E-state index contributed by atoms with van der Waals surface area (Å²) in [4.78, 5) is 11.1. The minimum atomic E-state index is 0.442. The first-order valence-electron chi connectivity index (χ1n) is 9.23. The van der Waals surface area contributed by atoms with Crippen molar-refractivity contribution in [3.05, 3.63) is 35.5 Å². The molecule has 0 radical (unpaired) electrons. The van der Waals surface area contributed by atoms with Crippen LogP contribution in [0.1, 0.15) is 24.0 Å². The summed E-state index contributed by atoms with van der Waals surface area (Å²) in [5, 5.41) is 6.69. The number of nitrogen functional groups attached to an aromatic ring is 1. The molecule has 0 unspecified atom stereocenters. The van der Waals surface area contributed by atoms with Gasteiger partial charge < -0.3 is 21.1 Å². The zero-order valence-electron chi connectivity index (χ0n) is 15.2. The maximum absolute atomic E-state index is 5.75. The van der Waals surface area contributed by atoms with E-state index in [1.54, 1.807) is 19.4 Å². The third-order valence-corrected chi connectivity index (χ3v) is 5.31. The van der Waals surface area contributed by atoms with Crippen LogP contribution in [0.25, 0.3) is 0 Å². The van der Waals surface area contributed by atoms with Gasteiger partial charge in [0.05, 0.1) is 12.8 Å². The number of hydrogen-bond donors (Lipinski definition) is 3. The molecule has 1 aromatic heterocycles. The van der Waals surface area contributed by atoms with Crippen LogP contribution in [-0.2, 0) is 13.0 Å². The molecule has 1 aromatic carbocycles. The van der Waals surface area contributed by atoms with Crippen LogP contribution in [0.2, 0.25) is 0 Å². The third kappa shape index (κ3) is 3.59. The molecular weight excluding hydrogens is 328 g/mol. The molecule has 4 N–H and O–H groups in total. The highest BCUT2D eigenvalue weighted by Crippen LogP contribution is 2.34. The fourth-order valence-corrected chi connectivity index (χ4v) is 3.91. The zero-order chi connectivity index (χ0) is 17.9. The van der Waals surface area contributed by atoms with Crippen LogP contribution in [0.4, 0.5) is 17.5 Å². The van der Waals surface area contributed by atoms with Gasteiger partial charge in [-0.3, -0.25) is 4.90 Å². The topological polar surface area (TPSA) is 88.3 Å². The minimum absolute atomic E-state index is 0.442. The van der Waals surface area contributed by atoms with Crippen LogP contribution >= 0.6 is 0 Å². The van der Waals surface area contributed by atoms with Gasteiger partial charge in [0.2, 0.25) is 5.95 Å². The average Bonchev–Trinajstić information content (AvgIpc) is 2.68. The van der Waals surface area contributed by atoms with Crippen LogP contribution < -0.4 is 21.1 Å². The molecular formula is C19H26N6O. The van der Waals surface area contributed by atoms with Gasteiger partial charge in [-0.1, -0.05) is 0 Å². The number of piperidine rings is 1. The van der Waals surface area contributed by atoms with Crippen LogP contribution in [-0.4, -0.2) is 47.7 Å². The number of hydrogen-bond acceptors (Lipinski definition) is 7. The lowest BCUT2D eigenvalue weighted by Gasteiger charge is -2.38. The van der Waals surface area contributed by atoms with Crippen molar-refractivity contribution >= 4 is 17.5 Å². The first-order valence-corrected chi connectivity index (χ1v) is 9.23. The van der Waals surface area contributed by atoms with E-state index in [-0.39, 0.29) is 0 Å². The maximum Gasteiger partial charge on any atom is 0.229 e. The second-order valence-electron chi connectivity index (χ2n) is 6.95. The van der Waals surface area contributed by atoms with E-state index in [4.69, 9.17) is 10.5 Å². The fraction of sp³-hybridized carbons (Fsp3) is 0.474. The van der Waals surface area contributed by atoms with Gasteiger partial charge in [0.25, 0.3) is 0 Å². The van der Waals surface area contributed by atoms with Crippen LogP contribution in [0.5, 0.6) is 5.75 Å². The van der Waals surface area contributed by atoms with Gasteiger partial charge in [0, 0.05) is 25.3 Å². The Morgan fingerprint density at radius 3 is 2.88 bits per heavy atom. The monoisotopic (exact) mass is 354 g/mol. The highest BCUT2D eigenvalue weighted by Gasteiger charge is 2.26. The summed E-state index contributed by atoms with van der Waals surface area (Å²) < 4.78 is 5.62. The first kappa shape index (κ1) is 17.1. The highest BCUT2D eigenvalue weighted by atomic mass is 16.5. The maximum atomic E-state index is 5.75. The van der Waals surface area contributed by atoms with E-state index in [9.17, 15) is 0 Å². The van der Waals surface area contributed by atoms with E-state index in [0.717, 1.165) is 44.0 Å². The molecule has 0 amide bonds. The Bertz CT molecular complexity index is 775. The third-order valence-electron chi connectivity index (χ3n) is 5.31. The Kier molecular flexibility index (Phi) is 4.90. The van der Waals surface area contributed by atoms with E-state index in [1.807, 2.05) is 0 Å². The molecule has 26 heavy (non-hydrogen) atoms. The van der Waals surface area contributed by atoms with Crippen molar-refractivity contribution < 1.29 is 4.74 Å². The van der Waals surface area contributed by atoms with Crippen molar-refractivity contribution in [3.63, 3.8) is 0 Å². The smallest absolute Gasteiger partial charge is 0.229 e. The quantitative estimate of drug-likeness (QED) is 0.773. The Labute approximate surface area is 154 Å². The highest BCUT2D eigenvalue weighted by molar-refractivity contribution is 5.66. The molecule has 1 fully saturated rings. The van der Waals surface area contributed by atoms with Crippen molar-refractivity contribution in [2.24, 2.45) is 0 Å². The molecule has 0 spiro atoms. The molecule has 4 rings (SSSR count). The summed E-state index contributed by atoms with van der Waals surface area (Å²) in [7, 11) is 1.69. The number of fused-ring (bicyclic) bond motifs is 1. The molecule has 0 saturated carbocycles. The molecule has 2 aliphatic rings. The average molecular weight is 354 g/mol. The summed E-state index contributed by atoms with van der Waals surface area (Å²) in [5.74, 6) is 1.73. The number of nitrogens with two attached hydrogens (primary N) is 1. The van der Waals surface area contributed by atoms with E-state index < -0.39 is 0 Å². The van der Waals surface area contributed by atoms with Gasteiger partial charge in [-0.15, -0.1) is 0 Å². The summed E-state index contributed by atoms with van der Waals surface area (Å²) in [6.07, 6.45) is 5.17. The van der Waals surface area contributed by atoms with Crippen LogP contribution in [0.3, 0.4) is 0 Å². The SMILES string of the molecule is COc1cc2c(cc1Nc1nccc(N)n1)CCN(C1CCNCC1)C2. The van der Waals surface area contributed by atoms with Gasteiger partial charge in [0.15, 0.2) is 0 Å². The normalized spacial score (nSPS) is 18.3. The predicted molar refractivity (Wildman–Crippen MR) is 103 cm³/mol. The van der Waals surface area contributed by atoms with E-state index >= 15 is 0 Å². The zero-order valence-corrected chi connectivity index (χ0v) is 15.2. The molecule has 138 valence electrons. The van der Waals surface area contributed by atoms with Crippen molar-refractivity contribution in [1.29, 1.82) is 0 Å². The second-order valence-corrected chi connectivity index (χ2v) is 6.95. The number of nitrogens with zero attached hydrogens (tertiary/aromatic N) is 3. The number of anilines is 3. The number of nitrogens with one attached hydrogen (secondary N) is 2. The Morgan fingerprint density at radius 2 is 2.12 bits per heavy atom. The molecule has 7 nitrogen and oxygen atoms in total. The lowest BCUT2D eigenvalue weighted by atomic mass is 9.95. The standard InChI is InChI=1S/C19H26N6O/c1-26-17-11-14-12-25(15-2-6-21-7-3-15)9-5-13(14)10-16(17)23-19-22-8-4-18(20)24-19/h4,8,10-11,15,21H,2-3,5-7,9,12H2,1H3,(H3,20,22,23,24). The molecule has 3 heterocycles. The number of benzene rings is 1. The Morgan fingerprint density at radius 1 is 1.27 bits per heavy atom.